The summed E-state index contributed by atoms with van der Waals surface area (Å²) < 4.78 is 0. The van der Waals surface area contributed by atoms with Crippen molar-refractivity contribution in [3.63, 3.8) is 0 Å². The molecule has 0 aromatic rings. The van der Waals surface area contributed by atoms with Gasteiger partial charge in [0.1, 0.15) is 0 Å². The highest BCUT2D eigenvalue weighted by Crippen LogP contribution is 2.68. The van der Waals surface area contributed by atoms with Gasteiger partial charge in [0.2, 0.25) is 0 Å². The highest BCUT2D eigenvalue weighted by Gasteiger charge is 2.61. The summed E-state index contributed by atoms with van der Waals surface area (Å²) in [6, 6.07) is 0. The van der Waals surface area contributed by atoms with Gasteiger partial charge in [-0.3, -0.25) is 4.79 Å². The summed E-state index contributed by atoms with van der Waals surface area (Å²) in [5.74, 6) is 1.78. The SMILES string of the molecule is CC(CCC(=O)O)C1CCC2C3CCC4CC(O)(O)CCC4(C)C3CCC12C. The van der Waals surface area contributed by atoms with E-state index < -0.39 is 11.8 Å². The third kappa shape index (κ3) is 3.23. The summed E-state index contributed by atoms with van der Waals surface area (Å²) in [6.45, 7) is 7.26. The van der Waals surface area contributed by atoms with Crippen LogP contribution in [0.2, 0.25) is 0 Å². The van der Waals surface area contributed by atoms with E-state index in [0.29, 0.717) is 42.4 Å². The minimum absolute atomic E-state index is 0.270. The Morgan fingerprint density at radius 3 is 2.39 bits per heavy atom. The van der Waals surface area contributed by atoms with Crippen molar-refractivity contribution in [2.75, 3.05) is 0 Å². The van der Waals surface area contributed by atoms with Gasteiger partial charge in [-0.25, -0.2) is 0 Å². The summed E-state index contributed by atoms with van der Waals surface area (Å²) in [6.07, 6.45) is 10.7. The zero-order valence-electron chi connectivity index (χ0n) is 18.0. The standard InChI is InChI=1S/C24H40O4/c1-15(4-9-21(25)26)18-7-8-19-17-6-5-16-14-24(27,28)13-12-22(16,2)20(17)10-11-23(18,19)3/h15-20,27-28H,4-14H2,1-3H3,(H,25,26). The van der Waals surface area contributed by atoms with Crippen LogP contribution in [0, 0.1) is 46.3 Å². The van der Waals surface area contributed by atoms with E-state index in [4.69, 9.17) is 5.11 Å². The molecule has 0 saturated heterocycles. The highest BCUT2D eigenvalue weighted by atomic mass is 16.5. The zero-order valence-corrected chi connectivity index (χ0v) is 18.0. The van der Waals surface area contributed by atoms with Gasteiger partial charge in [0.05, 0.1) is 0 Å². The lowest BCUT2D eigenvalue weighted by atomic mass is 9.44. The molecule has 4 heteroatoms. The molecule has 4 fully saturated rings. The molecule has 28 heavy (non-hydrogen) atoms. The van der Waals surface area contributed by atoms with Gasteiger partial charge in [-0.15, -0.1) is 0 Å². The van der Waals surface area contributed by atoms with Crippen molar-refractivity contribution in [3.8, 4) is 0 Å². The van der Waals surface area contributed by atoms with Gasteiger partial charge in [-0.05, 0) is 97.7 Å². The fourth-order valence-electron chi connectivity index (χ4n) is 8.75. The lowest BCUT2D eigenvalue weighted by Gasteiger charge is -2.61. The van der Waals surface area contributed by atoms with Crippen LogP contribution < -0.4 is 0 Å². The van der Waals surface area contributed by atoms with Crippen LogP contribution in [0.25, 0.3) is 0 Å². The number of aliphatic carboxylic acids is 1. The molecule has 4 saturated carbocycles. The number of carbonyl (C=O) groups is 1. The first-order valence-corrected chi connectivity index (χ1v) is 11.7. The molecule has 0 aromatic heterocycles. The average Bonchev–Trinajstić information content (AvgIpc) is 2.97. The van der Waals surface area contributed by atoms with Crippen LogP contribution >= 0.6 is 0 Å². The lowest BCUT2D eigenvalue weighted by Crippen LogP contribution is -2.56. The van der Waals surface area contributed by atoms with E-state index >= 15 is 0 Å². The molecule has 0 heterocycles. The third-order valence-electron chi connectivity index (χ3n) is 10.3. The predicted octanol–water partition coefficient (Wildman–Crippen LogP) is 4.83. The maximum Gasteiger partial charge on any atom is 0.303 e. The number of hydrogen-bond acceptors (Lipinski definition) is 3. The normalized spacial score (nSPS) is 48.2. The van der Waals surface area contributed by atoms with Crippen LogP contribution in [0.4, 0.5) is 0 Å². The van der Waals surface area contributed by atoms with E-state index in [-0.39, 0.29) is 5.41 Å². The van der Waals surface area contributed by atoms with Crippen LogP contribution in [0.3, 0.4) is 0 Å². The quantitative estimate of drug-likeness (QED) is 0.599. The second kappa shape index (κ2) is 6.97. The summed E-state index contributed by atoms with van der Waals surface area (Å²) >= 11 is 0. The predicted molar refractivity (Wildman–Crippen MR) is 108 cm³/mol. The lowest BCUT2D eigenvalue weighted by molar-refractivity contribution is -0.233. The third-order valence-corrected chi connectivity index (χ3v) is 10.3. The van der Waals surface area contributed by atoms with Gasteiger partial charge in [-0.2, -0.15) is 0 Å². The molecule has 160 valence electrons. The molecule has 0 aliphatic heterocycles. The topological polar surface area (TPSA) is 77.8 Å². The van der Waals surface area contributed by atoms with Crippen molar-refractivity contribution in [1.82, 2.24) is 0 Å². The molecule has 0 bridgehead atoms. The van der Waals surface area contributed by atoms with E-state index in [1.165, 1.54) is 32.1 Å². The molecule has 8 unspecified atom stereocenters. The smallest absolute Gasteiger partial charge is 0.303 e. The molecule has 3 N–H and O–H groups in total. The first-order chi connectivity index (χ1) is 13.1. The molecule has 4 aliphatic carbocycles. The maximum atomic E-state index is 11.0. The monoisotopic (exact) mass is 392 g/mol. The van der Waals surface area contributed by atoms with E-state index in [1.807, 2.05) is 0 Å². The van der Waals surface area contributed by atoms with Crippen LogP contribution in [-0.2, 0) is 4.79 Å². The Bertz CT molecular complexity index is 616. The van der Waals surface area contributed by atoms with Crippen molar-refractivity contribution >= 4 is 5.97 Å². The number of fused-ring (bicyclic) bond motifs is 5. The van der Waals surface area contributed by atoms with Gasteiger partial charge in [-0.1, -0.05) is 20.8 Å². The Morgan fingerprint density at radius 1 is 0.964 bits per heavy atom. The van der Waals surface area contributed by atoms with Crippen LogP contribution in [0.5, 0.6) is 0 Å². The zero-order chi connectivity index (χ0) is 20.3. The largest absolute Gasteiger partial charge is 0.481 e. The molecule has 4 aliphatic rings. The van der Waals surface area contributed by atoms with Gasteiger partial charge in [0.15, 0.2) is 5.79 Å². The summed E-state index contributed by atoms with van der Waals surface area (Å²) in [5, 5.41) is 29.5. The summed E-state index contributed by atoms with van der Waals surface area (Å²) in [7, 11) is 0. The first kappa shape index (κ1) is 20.7. The second-order valence-corrected chi connectivity index (χ2v) is 11.5. The maximum absolute atomic E-state index is 11.0. The van der Waals surface area contributed by atoms with Crippen LogP contribution in [0.1, 0.15) is 91.4 Å². The minimum atomic E-state index is -1.45. The molecule has 0 spiro atoms. The number of carboxylic acids is 1. The van der Waals surface area contributed by atoms with Gasteiger partial charge in [0.25, 0.3) is 0 Å². The van der Waals surface area contributed by atoms with E-state index in [1.54, 1.807) is 0 Å². The second-order valence-electron chi connectivity index (χ2n) is 11.5. The molecule has 4 rings (SSSR count). The fraction of sp³-hybridized carbons (Fsp3) is 0.958. The molecular formula is C24H40O4. The highest BCUT2D eigenvalue weighted by molar-refractivity contribution is 5.66. The van der Waals surface area contributed by atoms with Crippen molar-refractivity contribution in [1.29, 1.82) is 0 Å². The number of aliphatic hydroxyl groups is 2. The number of carboxylic acid groups (broad SMARTS) is 1. The van der Waals surface area contributed by atoms with E-state index in [9.17, 15) is 15.0 Å². The Labute approximate surface area is 170 Å². The summed E-state index contributed by atoms with van der Waals surface area (Å²) in [4.78, 5) is 11.0. The van der Waals surface area contributed by atoms with Crippen molar-refractivity contribution < 1.29 is 20.1 Å². The molecule has 0 aromatic carbocycles. The molecule has 4 nitrogen and oxygen atoms in total. The molecule has 0 amide bonds. The average molecular weight is 393 g/mol. The molecule has 8 atom stereocenters. The Balaban J connectivity index is 1.51. The van der Waals surface area contributed by atoms with Gasteiger partial charge in [0, 0.05) is 19.3 Å². The first-order valence-electron chi connectivity index (χ1n) is 11.7. The van der Waals surface area contributed by atoms with Crippen molar-refractivity contribution in [2.45, 2.75) is 97.2 Å². The number of hydrogen-bond donors (Lipinski definition) is 3. The van der Waals surface area contributed by atoms with Crippen LogP contribution in [0.15, 0.2) is 0 Å². The Hall–Kier alpha value is -0.610. The van der Waals surface area contributed by atoms with Crippen molar-refractivity contribution in [2.24, 2.45) is 46.3 Å². The van der Waals surface area contributed by atoms with Crippen molar-refractivity contribution in [3.05, 3.63) is 0 Å². The Kier molecular flexibility index (Phi) is 5.14. The van der Waals surface area contributed by atoms with Crippen LogP contribution in [-0.4, -0.2) is 27.1 Å². The molecular weight excluding hydrogens is 352 g/mol. The fourth-order valence-corrected chi connectivity index (χ4v) is 8.75. The van der Waals surface area contributed by atoms with Gasteiger partial charge < -0.3 is 15.3 Å². The Morgan fingerprint density at radius 2 is 1.68 bits per heavy atom. The molecule has 0 radical (unpaired) electrons. The van der Waals surface area contributed by atoms with E-state index in [2.05, 4.69) is 20.8 Å². The number of rotatable bonds is 4. The summed E-state index contributed by atoms with van der Waals surface area (Å²) in [5.41, 5.74) is 0.640. The minimum Gasteiger partial charge on any atom is -0.481 e. The van der Waals surface area contributed by atoms with Gasteiger partial charge >= 0.3 is 5.97 Å². The van der Waals surface area contributed by atoms with E-state index in [0.717, 1.165) is 37.0 Å².